The van der Waals surface area contributed by atoms with E-state index in [-0.39, 0.29) is 0 Å². The summed E-state index contributed by atoms with van der Waals surface area (Å²) in [7, 11) is 0. The van der Waals surface area contributed by atoms with Crippen molar-refractivity contribution in [3.63, 3.8) is 0 Å². The third kappa shape index (κ3) is 2.31. The van der Waals surface area contributed by atoms with Gasteiger partial charge in [-0.05, 0) is 38.0 Å². The minimum absolute atomic E-state index is 0.301. The number of nitrogens with two attached hydrogens (primary N) is 1. The van der Waals surface area contributed by atoms with Crippen LogP contribution >= 0.6 is 23.2 Å². The van der Waals surface area contributed by atoms with Crippen molar-refractivity contribution in [3.8, 4) is 11.3 Å². The van der Waals surface area contributed by atoms with Gasteiger partial charge in [-0.15, -0.1) is 0 Å². The van der Waals surface area contributed by atoms with E-state index in [0.29, 0.717) is 21.6 Å². The Morgan fingerprint density at radius 1 is 0.944 bits per heavy atom. The second-order valence-corrected chi connectivity index (χ2v) is 5.27. The summed E-state index contributed by atoms with van der Waals surface area (Å²) in [5, 5.41) is 0.899. The monoisotopic (exact) mass is 280 g/mol. The van der Waals surface area contributed by atoms with Crippen LogP contribution in [-0.4, -0.2) is 4.98 Å². The number of aromatic nitrogens is 1. The second kappa shape index (κ2) is 4.79. The van der Waals surface area contributed by atoms with Gasteiger partial charge in [-0.2, -0.15) is 0 Å². The number of halogens is 2. The molecule has 0 radical (unpaired) electrons. The Kier molecular flexibility index (Phi) is 3.51. The standard InChI is InChI=1S/C14H14Cl2N2/c1-7-4-8(2)12(9(3)5-7)13-10(15)6-11(16)14(17)18-13/h4-6H,1-3H3,(H2,17,18). The average molecular weight is 281 g/mol. The van der Waals surface area contributed by atoms with E-state index >= 15 is 0 Å². The zero-order valence-electron chi connectivity index (χ0n) is 10.5. The Balaban J connectivity index is 2.73. The zero-order valence-corrected chi connectivity index (χ0v) is 12.0. The Morgan fingerprint density at radius 2 is 1.50 bits per heavy atom. The molecule has 2 rings (SSSR count). The smallest absolute Gasteiger partial charge is 0.143 e. The predicted molar refractivity (Wildman–Crippen MR) is 78.3 cm³/mol. The van der Waals surface area contributed by atoms with E-state index < -0.39 is 0 Å². The van der Waals surface area contributed by atoms with Crippen LogP contribution in [0.4, 0.5) is 5.82 Å². The fraction of sp³-hybridized carbons (Fsp3) is 0.214. The third-order valence-corrected chi connectivity index (χ3v) is 3.46. The van der Waals surface area contributed by atoms with Gasteiger partial charge < -0.3 is 5.73 Å². The first-order valence-electron chi connectivity index (χ1n) is 5.60. The summed E-state index contributed by atoms with van der Waals surface area (Å²) in [5.41, 5.74) is 10.9. The van der Waals surface area contributed by atoms with Gasteiger partial charge in [-0.3, -0.25) is 0 Å². The van der Waals surface area contributed by atoms with Crippen molar-refractivity contribution in [2.45, 2.75) is 20.8 Å². The van der Waals surface area contributed by atoms with Gasteiger partial charge in [-0.25, -0.2) is 4.98 Å². The van der Waals surface area contributed by atoms with Crippen LogP contribution in [0.1, 0.15) is 16.7 Å². The van der Waals surface area contributed by atoms with Crippen LogP contribution in [-0.2, 0) is 0 Å². The Morgan fingerprint density at radius 3 is 2.06 bits per heavy atom. The van der Waals surface area contributed by atoms with Gasteiger partial charge >= 0.3 is 0 Å². The second-order valence-electron chi connectivity index (χ2n) is 4.46. The van der Waals surface area contributed by atoms with Crippen molar-refractivity contribution < 1.29 is 0 Å². The molecule has 0 saturated carbocycles. The molecule has 1 heterocycles. The number of pyridine rings is 1. The summed E-state index contributed by atoms with van der Waals surface area (Å²) in [6, 6.07) is 5.84. The molecule has 4 heteroatoms. The number of hydrogen-bond donors (Lipinski definition) is 1. The summed E-state index contributed by atoms with van der Waals surface area (Å²) in [6.45, 7) is 6.14. The van der Waals surface area contributed by atoms with Crippen LogP contribution < -0.4 is 5.73 Å². The summed E-state index contributed by atoms with van der Waals surface area (Å²) < 4.78 is 0. The molecule has 1 aromatic heterocycles. The van der Waals surface area contributed by atoms with Crippen LogP contribution in [0.25, 0.3) is 11.3 Å². The number of hydrogen-bond acceptors (Lipinski definition) is 2. The predicted octanol–water partition coefficient (Wildman–Crippen LogP) is 4.56. The minimum Gasteiger partial charge on any atom is -0.382 e. The van der Waals surface area contributed by atoms with Crippen LogP contribution in [0, 0.1) is 20.8 Å². The molecule has 0 atom stereocenters. The number of nitrogen functional groups attached to an aromatic ring is 1. The lowest BCUT2D eigenvalue weighted by Gasteiger charge is -2.13. The van der Waals surface area contributed by atoms with Crippen LogP contribution in [0.15, 0.2) is 18.2 Å². The molecule has 0 fully saturated rings. The lowest BCUT2D eigenvalue weighted by Crippen LogP contribution is -1.98. The minimum atomic E-state index is 0.301. The topological polar surface area (TPSA) is 38.9 Å². The highest BCUT2D eigenvalue weighted by atomic mass is 35.5. The van der Waals surface area contributed by atoms with Gasteiger partial charge in [0.25, 0.3) is 0 Å². The Labute approximate surface area is 117 Å². The van der Waals surface area contributed by atoms with Crippen LogP contribution in [0.2, 0.25) is 10.0 Å². The van der Waals surface area contributed by atoms with E-state index in [2.05, 4.69) is 24.0 Å². The van der Waals surface area contributed by atoms with E-state index in [4.69, 9.17) is 28.9 Å². The van der Waals surface area contributed by atoms with Crippen molar-refractivity contribution in [1.29, 1.82) is 0 Å². The molecule has 0 unspecified atom stereocenters. The number of benzene rings is 1. The molecule has 94 valence electrons. The maximum Gasteiger partial charge on any atom is 0.143 e. The molecule has 0 aliphatic carbocycles. The Hall–Kier alpha value is -1.25. The maximum absolute atomic E-state index is 6.22. The van der Waals surface area contributed by atoms with Crippen molar-refractivity contribution in [1.82, 2.24) is 4.98 Å². The molecule has 2 nitrogen and oxygen atoms in total. The molecular weight excluding hydrogens is 267 g/mol. The number of rotatable bonds is 1. The van der Waals surface area contributed by atoms with Gasteiger partial charge in [0.1, 0.15) is 5.82 Å². The number of anilines is 1. The van der Waals surface area contributed by atoms with E-state index in [1.54, 1.807) is 6.07 Å². The molecule has 2 aromatic rings. The van der Waals surface area contributed by atoms with E-state index in [9.17, 15) is 0 Å². The Bertz CT molecular complexity index is 598. The molecule has 2 N–H and O–H groups in total. The zero-order chi connectivity index (χ0) is 13.4. The third-order valence-electron chi connectivity index (χ3n) is 2.87. The van der Waals surface area contributed by atoms with E-state index in [1.807, 2.05) is 13.8 Å². The summed E-state index contributed by atoms with van der Waals surface area (Å²) in [4.78, 5) is 4.31. The van der Waals surface area contributed by atoms with Crippen molar-refractivity contribution in [2.24, 2.45) is 0 Å². The average Bonchev–Trinajstić information content (AvgIpc) is 2.24. The highest BCUT2D eigenvalue weighted by Crippen LogP contribution is 2.35. The molecule has 0 spiro atoms. The molecule has 0 saturated heterocycles. The molecule has 0 aliphatic rings. The van der Waals surface area contributed by atoms with Gasteiger partial charge in [0, 0.05) is 5.56 Å². The van der Waals surface area contributed by atoms with Crippen LogP contribution in [0.5, 0.6) is 0 Å². The molecular formula is C14H14Cl2N2. The molecule has 0 amide bonds. The number of aryl methyl sites for hydroxylation is 3. The normalized spacial score (nSPS) is 10.7. The van der Waals surface area contributed by atoms with Crippen molar-refractivity contribution in [3.05, 3.63) is 44.9 Å². The van der Waals surface area contributed by atoms with Gasteiger partial charge in [0.05, 0.1) is 15.7 Å². The van der Waals surface area contributed by atoms with Gasteiger partial charge in [0.15, 0.2) is 0 Å². The lowest BCUT2D eigenvalue weighted by atomic mass is 9.97. The van der Waals surface area contributed by atoms with E-state index in [1.165, 1.54) is 5.56 Å². The first kappa shape index (κ1) is 13.2. The lowest BCUT2D eigenvalue weighted by molar-refractivity contribution is 1.26. The van der Waals surface area contributed by atoms with Crippen molar-refractivity contribution in [2.75, 3.05) is 5.73 Å². The SMILES string of the molecule is Cc1cc(C)c(-c2nc(N)c(Cl)cc2Cl)c(C)c1. The molecule has 18 heavy (non-hydrogen) atoms. The fourth-order valence-corrected chi connectivity index (χ4v) is 2.66. The first-order chi connectivity index (χ1) is 8.40. The highest BCUT2D eigenvalue weighted by Gasteiger charge is 2.14. The van der Waals surface area contributed by atoms with E-state index in [0.717, 1.165) is 16.7 Å². The highest BCUT2D eigenvalue weighted by molar-refractivity contribution is 6.37. The number of nitrogens with zero attached hydrogens (tertiary/aromatic N) is 1. The molecule has 1 aromatic carbocycles. The summed E-state index contributed by atoms with van der Waals surface area (Å²) in [6.07, 6.45) is 0. The molecule has 0 bridgehead atoms. The van der Waals surface area contributed by atoms with Gasteiger partial charge in [-0.1, -0.05) is 40.9 Å². The van der Waals surface area contributed by atoms with Gasteiger partial charge in [0.2, 0.25) is 0 Å². The van der Waals surface area contributed by atoms with Crippen molar-refractivity contribution >= 4 is 29.0 Å². The maximum atomic E-state index is 6.22. The fourth-order valence-electron chi connectivity index (χ4n) is 2.21. The summed E-state index contributed by atoms with van der Waals surface area (Å²) in [5.74, 6) is 0.301. The molecule has 0 aliphatic heterocycles. The van der Waals surface area contributed by atoms with Crippen LogP contribution in [0.3, 0.4) is 0 Å². The largest absolute Gasteiger partial charge is 0.382 e. The quantitative estimate of drug-likeness (QED) is 0.832. The first-order valence-corrected chi connectivity index (χ1v) is 6.35. The summed E-state index contributed by atoms with van der Waals surface area (Å²) >= 11 is 12.1.